The Labute approximate surface area is 174 Å². The third-order valence-electron chi connectivity index (χ3n) is 4.87. The number of ether oxygens (including phenoxy) is 1. The topological polar surface area (TPSA) is 79.8 Å². The fraction of sp³-hybridized carbons (Fsp3) is 0.905. The molecule has 0 aromatic rings. The van der Waals surface area contributed by atoms with Gasteiger partial charge in [0, 0.05) is 47.9 Å². The number of nitrogens with one attached hydrogen (secondary N) is 2. The lowest BCUT2D eigenvalue weighted by Gasteiger charge is -2.30. The number of nitrogens with zero attached hydrogens (tertiary/aromatic N) is 1. The molecule has 7 heteroatoms. The van der Waals surface area contributed by atoms with Gasteiger partial charge in [0.2, 0.25) is 0 Å². The molecule has 0 spiro atoms. The van der Waals surface area contributed by atoms with Crippen molar-refractivity contribution in [2.45, 2.75) is 102 Å². The molecule has 1 aliphatic carbocycles. The summed E-state index contributed by atoms with van der Waals surface area (Å²) in [5.74, 6) is 1.48. The molecule has 0 bridgehead atoms. The van der Waals surface area contributed by atoms with Gasteiger partial charge in [-0.25, -0.2) is 0 Å². The van der Waals surface area contributed by atoms with Gasteiger partial charge in [-0.3, -0.25) is 14.0 Å². The smallest absolute Gasteiger partial charge is 0.306 e. The molecule has 3 atom stereocenters. The lowest BCUT2D eigenvalue weighted by atomic mass is 9.95. The fourth-order valence-corrected chi connectivity index (χ4v) is 4.83. The minimum atomic E-state index is -0.704. The Hall–Kier alpha value is -1.11. The molecule has 164 valence electrons. The number of aliphatic imine (C=N–C) groups is 1. The van der Waals surface area contributed by atoms with E-state index in [2.05, 4.69) is 15.6 Å². The van der Waals surface area contributed by atoms with Crippen molar-refractivity contribution >= 4 is 22.7 Å². The van der Waals surface area contributed by atoms with E-state index in [1.807, 2.05) is 27.7 Å². The molecule has 0 heterocycles. The molecule has 6 nitrogen and oxygen atoms in total. The molecule has 0 aromatic carbocycles. The van der Waals surface area contributed by atoms with Crippen LogP contribution in [0.15, 0.2) is 4.99 Å². The first-order chi connectivity index (χ1) is 13.2. The Kier molecular flexibility index (Phi) is 11.7. The van der Waals surface area contributed by atoms with Crippen LogP contribution >= 0.6 is 0 Å². The van der Waals surface area contributed by atoms with E-state index in [1.54, 1.807) is 7.05 Å². The summed E-state index contributed by atoms with van der Waals surface area (Å²) < 4.78 is 17.4. The Morgan fingerprint density at radius 1 is 1.18 bits per heavy atom. The molecule has 1 aliphatic rings. The number of guanidine groups is 1. The van der Waals surface area contributed by atoms with E-state index < -0.39 is 16.4 Å². The summed E-state index contributed by atoms with van der Waals surface area (Å²) in [6, 6.07) is 0.356. The fourth-order valence-electron chi connectivity index (χ4n) is 3.49. The van der Waals surface area contributed by atoms with Gasteiger partial charge < -0.3 is 15.4 Å². The second-order valence-electron chi connectivity index (χ2n) is 8.55. The number of carbonyl (C=O) groups excluding carboxylic acids is 1. The zero-order chi connectivity index (χ0) is 21.0. The molecular weight excluding hydrogens is 374 g/mol. The van der Waals surface area contributed by atoms with E-state index in [-0.39, 0.29) is 5.97 Å². The maximum absolute atomic E-state index is 12.1. The van der Waals surface area contributed by atoms with Crippen molar-refractivity contribution in [1.29, 1.82) is 0 Å². The van der Waals surface area contributed by atoms with E-state index >= 15 is 0 Å². The summed E-state index contributed by atoms with van der Waals surface area (Å²) in [6.45, 7) is 8.56. The molecule has 3 unspecified atom stereocenters. The second-order valence-corrected chi connectivity index (χ2v) is 10.6. The zero-order valence-electron chi connectivity index (χ0n) is 18.5. The normalized spacial score (nSPS) is 21.8. The van der Waals surface area contributed by atoms with Crippen LogP contribution in [-0.2, 0) is 20.3 Å². The second kappa shape index (κ2) is 13.2. The third-order valence-corrected chi connectivity index (χ3v) is 6.61. The Morgan fingerprint density at radius 3 is 2.54 bits per heavy atom. The average molecular weight is 416 g/mol. The highest BCUT2D eigenvalue weighted by atomic mass is 32.2. The first kappa shape index (κ1) is 24.9. The van der Waals surface area contributed by atoms with Crippen LogP contribution in [0.5, 0.6) is 0 Å². The standard InChI is InChI=1S/C21H41N3O3S/c1-6-28(26)18-13-11-12-17(16-18)24-20(22-5)23-15-10-8-7-9-14-19(25)27-21(2,3)4/h17-18H,6-16H2,1-5H3,(H2,22,23,24). The van der Waals surface area contributed by atoms with Crippen molar-refractivity contribution in [2.24, 2.45) is 4.99 Å². The summed E-state index contributed by atoms with van der Waals surface area (Å²) in [5.41, 5.74) is -0.395. The van der Waals surface area contributed by atoms with Crippen LogP contribution in [-0.4, -0.2) is 52.4 Å². The summed E-state index contributed by atoms with van der Waals surface area (Å²) in [5, 5.41) is 7.19. The molecule has 0 aromatic heterocycles. The quantitative estimate of drug-likeness (QED) is 0.247. The number of esters is 1. The van der Waals surface area contributed by atoms with Gasteiger partial charge in [0.05, 0.1) is 0 Å². The molecule has 1 saturated carbocycles. The Balaban J connectivity index is 2.15. The van der Waals surface area contributed by atoms with E-state index in [0.29, 0.717) is 17.7 Å². The Morgan fingerprint density at radius 2 is 1.89 bits per heavy atom. The first-order valence-corrected chi connectivity index (χ1v) is 12.2. The van der Waals surface area contributed by atoms with Gasteiger partial charge in [0.25, 0.3) is 0 Å². The van der Waals surface area contributed by atoms with Gasteiger partial charge in [-0.05, 0) is 52.9 Å². The van der Waals surface area contributed by atoms with Crippen molar-refractivity contribution in [3.8, 4) is 0 Å². The molecule has 0 saturated heterocycles. The van der Waals surface area contributed by atoms with Gasteiger partial charge in [-0.1, -0.05) is 26.2 Å². The van der Waals surface area contributed by atoms with Crippen LogP contribution in [0, 0.1) is 0 Å². The van der Waals surface area contributed by atoms with Crippen LogP contribution in [0.3, 0.4) is 0 Å². The molecular formula is C21H41N3O3S. The lowest BCUT2D eigenvalue weighted by molar-refractivity contribution is -0.154. The van der Waals surface area contributed by atoms with Crippen molar-refractivity contribution in [1.82, 2.24) is 10.6 Å². The van der Waals surface area contributed by atoms with Gasteiger partial charge in [0.1, 0.15) is 5.60 Å². The van der Waals surface area contributed by atoms with Crippen LogP contribution < -0.4 is 10.6 Å². The van der Waals surface area contributed by atoms with Gasteiger partial charge in [-0.2, -0.15) is 0 Å². The molecule has 28 heavy (non-hydrogen) atoms. The number of hydrogen-bond acceptors (Lipinski definition) is 4. The van der Waals surface area contributed by atoms with E-state index in [4.69, 9.17) is 4.74 Å². The van der Waals surface area contributed by atoms with Crippen LogP contribution in [0.1, 0.15) is 85.5 Å². The highest BCUT2D eigenvalue weighted by molar-refractivity contribution is 7.85. The van der Waals surface area contributed by atoms with Crippen LogP contribution in [0.25, 0.3) is 0 Å². The van der Waals surface area contributed by atoms with Gasteiger partial charge in [0.15, 0.2) is 5.96 Å². The van der Waals surface area contributed by atoms with E-state index in [1.165, 1.54) is 0 Å². The third kappa shape index (κ3) is 11.0. The maximum atomic E-state index is 12.1. The van der Waals surface area contributed by atoms with E-state index in [0.717, 1.165) is 69.6 Å². The largest absolute Gasteiger partial charge is 0.460 e. The summed E-state index contributed by atoms with van der Waals surface area (Å²) >= 11 is 0. The molecule has 1 fully saturated rings. The number of unbranched alkanes of at least 4 members (excludes halogenated alkanes) is 3. The average Bonchev–Trinajstić information content (AvgIpc) is 2.64. The molecule has 0 aliphatic heterocycles. The van der Waals surface area contributed by atoms with Gasteiger partial charge >= 0.3 is 5.97 Å². The predicted molar refractivity (Wildman–Crippen MR) is 118 cm³/mol. The number of hydrogen-bond donors (Lipinski definition) is 2. The zero-order valence-corrected chi connectivity index (χ0v) is 19.3. The van der Waals surface area contributed by atoms with Crippen LogP contribution in [0.4, 0.5) is 0 Å². The van der Waals surface area contributed by atoms with Crippen LogP contribution in [0.2, 0.25) is 0 Å². The monoisotopic (exact) mass is 415 g/mol. The number of carbonyl (C=O) groups is 1. The van der Waals surface area contributed by atoms with Crippen molar-refractivity contribution < 1.29 is 13.7 Å². The minimum Gasteiger partial charge on any atom is -0.460 e. The molecule has 0 amide bonds. The SMILES string of the molecule is CCS(=O)C1CCCC(NC(=NC)NCCCCCCC(=O)OC(C)(C)C)C1. The summed E-state index contributed by atoms with van der Waals surface area (Å²) in [7, 11) is 1.09. The molecule has 2 N–H and O–H groups in total. The molecule has 0 radical (unpaired) electrons. The highest BCUT2D eigenvalue weighted by Crippen LogP contribution is 2.23. The van der Waals surface area contributed by atoms with E-state index in [9.17, 15) is 9.00 Å². The van der Waals surface area contributed by atoms with Crippen molar-refractivity contribution in [3.63, 3.8) is 0 Å². The minimum absolute atomic E-state index is 0.106. The highest BCUT2D eigenvalue weighted by Gasteiger charge is 2.26. The Bertz CT molecular complexity index is 518. The number of rotatable bonds is 10. The van der Waals surface area contributed by atoms with Crippen molar-refractivity contribution in [2.75, 3.05) is 19.3 Å². The lowest BCUT2D eigenvalue weighted by Crippen LogP contribution is -2.46. The van der Waals surface area contributed by atoms with Crippen molar-refractivity contribution in [3.05, 3.63) is 0 Å². The van der Waals surface area contributed by atoms with Gasteiger partial charge in [-0.15, -0.1) is 0 Å². The summed E-state index contributed by atoms with van der Waals surface area (Å²) in [4.78, 5) is 16.0. The first-order valence-electron chi connectivity index (χ1n) is 10.8. The maximum Gasteiger partial charge on any atom is 0.306 e. The molecule has 1 rings (SSSR count). The summed E-state index contributed by atoms with van der Waals surface area (Å²) in [6.07, 6.45) is 8.80. The predicted octanol–water partition coefficient (Wildman–Crippen LogP) is 3.52.